The van der Waals surface area contributed by atoms with Crippen LogP contribution < -0.4 is 5.32 Å². The second-order valence-corrected chi connectivity index (χ2v) is 10.2. The monoisotopic (exact) mass is 583 g/mol. The maximum absolute atomic E-state index is 12.4. The molecular weight excluding hydrogens is 546 g/mol. The number of amides is 1. The van der Waals surface area contributed by atoms with Crippen molar-refractivity contribution in [2.45, 2.75) is 37.2 Å². The average Bonchev–Trinajstić information content (AvgIpc) is 3.06. The zero-order valence-corrected chi connectivity index (χ0v) is 24.7. The van der Waals surface area contributed by atoms with Gasteiger partial charge in [-0.05, 0) is 35.1 Å². The van der Waals surface area contributed by atoms with E-state index in [-0.39, 0.29) is 18.8 Å². The molecule has 0 aliphatic carbocycles. The second-order valence-electron chi connectivity index (χ2n) is 9.92. The molecule has 1 N–H and O–H groups in total. The van der Waals surface area contributed by atoms with Crippen molar-refractivity contribution in [3.8, 4) is 0 Å². The van der Waals surface area contributed by atoms with Crippen molar-refractivity contribution in [1.82, 2.24) is 5.32 Å². The van der Waals surface area contributed by atoms with Gasteiger partial charge in [-0.2, -0.15) is 0 Å². The first kappa shape index (κ1) is 31.0. The largest absolute Gasteiger partial charge is 0.453 e. The Morgan fingerprint density at radius 3 is 1.76 bits per heavy atom. The summed E-state index contributed by atoms with van der Waals surface area (Å²) in [7, 11) is 1.37. The summed E-state index contributed by atoms with van der Waals surface area (Å²) in [4.78, 5) is 12.4. The van der Waals surface area contributed by atoms with Gasteiger partial charge in [-0.25, -0.2) is 4.79 Å². The summed E-state index contributed by atoms with van der Waals surface area (Å²) in [5.41, 5.74) is 3.17. The van der Waals surface area contributed by atoms with Gasteiger partial charge in [0.1, 0.15) is 5.60 Å². The summed E-state index contributed by atoms with van der Waals surface area (Å²) < 4.78 is 18.2. The minimum atomic E-state index is -0.901. The van der Waals surface area contributed by atoms with Crippen molar-refractivity contribution < 1.29 is 19.0 Å². The number of hydrogen-bond acceptors (Lipinski definition) is 4. The van der Waals surface area contributed by atoms with Gasteiger partial charge in [0.25, 0.3) is 0 Å². The number of ether oxygens (including phenoxy) is 3. The highest BCUT2D eigenvalue weighted by atomic mass is 35.5. The number of hydrogen-bond donors (Lipinski definition) is 1. The normalized spacial score (nSPS) is 13.0. The number of rotatable bonds is 15. The zero-order valence-electron chi connectivity index (χ0n) is 23.9. The Labute approximate surface area is 254 Å². The van der Waals surface area contributed by atoms with Crippen molar-refractivity contribution in [1.29, 1.82) is 0 Å². The van der Waals surface area contributed by atoms with Crippen molar-refractivity contribution in [3.05, 3.63) is 156 Å². The molecule has 0 saturated carbocycles. The number of carbonyl (C=O) groups is 1. The Morgan fingerprint density at radius 1 is 0.786 bits per heavy atom. The third-order valence-electron chi connectivity index (χ3n) is 7.10. The van der Waals surface area contributed by atoms with E-state index in [1.165, 1.54) is 7.11 Å². The van der Waals surface area contributed by atoms with E-state index in [4.69, 9.17) is 25.8 Å². The molecule has 0 radical (unpaired) electrons. The highest BCUT2D eigenvalue weighted by Crippen LogP contribution is 2.40. The Balaban J connectivity index is 1.60. The lowest BCUT2D eigenvalue weighted by Gasteiger charge is -2.37. The number of alkyl carbamates (subject to hydrolysis) is 1. The molecule has 0 saturated heterocycles. The molecule has 6 heteroatoms. The van der Waals surface area contributed by atoms with Gasteiger partial charge < -0.3 is 19.5 Å². The highest BCUT2D eigenvalue weighted by Gasteiger charge is 2.38. The molecule has 0 aromatic heterocycles. The molecule has 0 fully saturated rings. The van der Waals surface area contributed by atoms with Crippen LogP contribution in [0.15, 0.2) is 133 Å². The first-order chi connectivity index (χ1) is 20.7. The standard InChI is InChI=1S/C36H38ClNO4/c1-40-35(39)38-33(24-25-34(23-14-26-37)41-27-29-15-6-2-7-16-29)28-42-36(30-17-8-3-9-18-30,31-19-10-4-11-20-31)32-21-12-5-13-22-32/h2-23,33-34H,24-28H2,1H3,(H,38,39)/b23-14+/t33-,34+/m1/s1. The summed E-state index contributed by atoms with van der Waals surface area (Å²) in [6.07, 6.45) is 4.41. The van der Waals surface area contributed by atoms with Gasteiger partial charge in [-0.15, -0.1) is 11.6 Å². The SMILES string of the molecule is COC(=O)N[C@H](CC[C@H](/C=C/CCl)OCc1ccccc1)COC(c1ccccc1)(c1ccccc1)c1ccccc1. The fourth-order valence-electron chi connectivity index (χ4n) is 5.00. The minimum Gasteiger partial charge on any atom is -0.453 e. The fraction of sp³-hybridized carbons (Fsp3) is 0.250. The second kappa shape index (κ2) is 16.5. The maximum Gasteiger partial charge on any atom is 0.407 e. The van der Waals surface area contributed by atoms with Crippen molar-refractivity contribution in [2.24, 2.45) is 0 Å². The quantitative estimate of drug-likeness (QED) is 0.0878. The Hall–Kier alpha value is -3.90. The zero-order chi connectivity index (χ0) is 29.5. The van der Waals surface area contributed by atoms with E-state index in [1.54, 1.807) is 0 Å². The molecule has 0 aliphatic rings. The van der Waals surface area contributed by atoms with E-state index in [2.05, 4.69) is 41.7 Å². The summed E-state index contributed by atoms with van der Waals surface area (Å²) in [5.74, 6) is 0.395. The van der Waals surface area contributed by atoms with E-state index in [9.17, 15) is 4.79 Å². The van der Waals surface area contributed by atoms with Gasteiger partial charge in [-0.1, -0.05) is 133 Å². The number of allylic oxidation sites excluding steroid dienone is 1. The molecule has 0 heterocycles. The fourth-order valence-corrected chi connectivity index (χ4v) is 5.10. The van der Waals surface area contributed by atoms with Crippen LogP contribution >= 0.6 is 11.6 Å². The van der Waals surface area contributed by atoms with Crippen molar-refractivity contribution >= 4 is 17.7 Å². The molecular formula is C36H38ClNO4. The lowest BCUT2D eigenvalue weighted by Crippen LogP contribution is -2.43. The van der Waals surface area contributed by atoms with Gasteiger partial charge in [0.15, 0.2) is 0 Å². The third-order valence-corrected chi connectivity index (χ3v) is 7.27. The van der Waals surface area contributed by atoms with Crippen LogP contribution in [0.5, 0.6) is 0 Å². The van der Waals surface area contributed by atoms with Crippen molar-refractivity contribution in [3.63, 3.8) is 0 Å². The smallest absolute Gasteiger partial charge is 0.407 e. The lowest BCUT2D eigenvalue weighted by atomic mass is 9.80. The molecule has 218 valence electrons. The molecule has 4 aromatic carbocycles. The molecule has 4 rings (SSSR count). The van der Waals surface area contributed by atoms with Crippen LogP contribution in [0, 0.1) is 0 Å². The molecule has 0 aliphatic heterocycles. The minimum absolute atomic E-state index is 0.187. The van der Waals surface area contributed by atoms with Gasteiger partial charge in [0, 0.05) is 5.88 Å². The van der Waals surface area contributed by atoms with E-state index in [1.807, 2.05) is 97.1 Å². The van der Waals surface area contributed by atoms with E-state index in [0.717, 1.165) is 22.3 Å². The summed E-state index contributed by atoms with van der Waals surface area (Å²) in [5, 5.41) is 2.99. The molecule has 42 heavy (non-hydrogen) atoms. The Morgan fingerprint density at radius 2 is 1.29 bits per heavy atom. The third kappa shape index (κ3) is 8.56. The number of methoxy groups -OCH3 is 1. The molecule has 0 bridgehead atoms. The molecule has 1 amide bonds. The first-order valence-electron chi connectivity index (χ1n) is 14.2. The number of benzene rings is 4. The molecule has 2 atom stereocenters. The first-order valence-corrected chi connectivity index (χ1v) is 14.7. The number of alkyl halides is 1. The van der Waals surface area contributed by atoms with Crippen LogP contribution in [0.2, 0.25) is 0 Å². The summed E-state index contributed by atoms with van der Waals surface area (Å²) in [6.45, 7) is 0.710. The Kier molecular flexibility index (Phi) is 12.2. The van der Waals surface area contributed by atoms with Crippen LogP contribution in [-0.2, 0) is 26.4 Å². The average molecular weight is 584 g/mol. The highest BCUT2D eigenvalue weighted by molar-refractivity contribution is 6.18. The molecule has 4 aromatic rings. The molecule has 5 nitrogen and oxygen atoms in total. The number of nitrogens with one attached hydrogen (secondary N) is 1. The van der Waals surface area contributed by atoms with E-state index >= 15 is 0 Å². The number of halogens is 1. The molecule has 0 spiro atoms. The maximum atomic E-state index is 12.4. The van der Waals surface area contributed by atoms with Gasteiger partial charge in [-0.3, -0.25) is 0 Å². The van der Waals surface area contributed by atoms with Crippen molar-refractivity contribution in [2.75, 3.05) is 19.6 Å². The number of carbonyl (C=O) groups excluding carboxylic acids is 1. The summed E-state index contributed by atoms with van der Waals surface area (Å²) in [6, 6.07) is 40.2. The van der Waals surface area contributed by atoms with Crippen LogP contribution in [0.1, 0.15) is 35.1 Å². The predicted molar refractivity (Wildman–Crippen MR) is 169 cm³/mol. The predicted octanol–water partition coefficient (Wildman–Crippen LogP) is 7.88. The van der Waals surface area contributed by atoms with E-state index < -0.39 is 11.7 Å². The lowest BCUT2D eigenvalue weighted by molar-refractivity contribution is -0.00428. The van der Waals surface area contributed by atoms with E-state index in [0.29, 0.717) is 25.3 Å². The van der Waals surface area contributed by atoms with Gasteiger partial charge in [0.05, 0.1) is 32.5 Å². The van der Waals surface area contributed by atoms with Crippen LogP contribution in [0.4, 0.5) is 4.79 Å². The van der Waals surface area contributed by atoms with Crippen LogP contribution in [0.3, 0.4) is 0 Å². The summed E-state index contributed by atoms with van der Waals surface area (Å²) >= 11 is 5.95. The molecule has 0 unspecified atom stereocenters. The van der Waals surface area contributed by atoms with Gasteiger partial charge in [0.2, 0.25) is 0 Å². The van der Waals surface area contributed by atoms with Crippen LogP contribution in [0.25, 0.3) is 0 Å². The topological polar surface area (TPSA) is 56.8 Å². The van der Waals surface area contributed by atoms with Gasteiger partial charge >= 0.3 is 6.09 Å². The Bertz CT molecular complexity index is 1250. The van der Waals surface area contributed by atoms with Crippen LogP contribution in [-0.4, -0.2) is 37.8 Å².